The first kappa shape index (κ1) is 21.2. The van der Waals surface area contributed by atoms with Crippen molar-refractivity contribution in [3.8, 4) is 6.07 Å². The monoisotopic (exact) mass is 428 g/mol. The predicted molar refractivity (Wildman–Crippen MR) is 116 cm³/mol. The summed E-state index contributed by atoms with van der Waals surface area (Å²) in [5, 5.41) is 10.3. The van der Waals surface area contributed by atoms with Gasteiger partial charge < -0.3 is 4.90 Å². The van der Waals surface area contributed by atoms with E-state index in [1.54, 1.807) is 23.5 Å². The number of aromatic nitrogens is 2. The van der Waals surface area contributed by atoms with Gasteiger partial charge >= 0.3 is 0 Å². The SMILES string of the molecule is Cc1nc(S[C@@H](C)C(=O)N(CCC#N)c2ccc(F)cc2)c2c(C)c(C)sc2n1. The fourth-order valence-corrected chi connectivity index (χ4v) is 5.24. The molecule has 150 valence electrons. The molecule has 29 heavy (non-hydrogen) atoms. The van der Waals surface area contributed by atoms with E-state index in [1.165, 1.54) is 33.7 Å². The Hall–Kier alpha value is -2.50. The number of benzene rings is 1. The minimum atomic E-state index is -0.434. The van der Waals surface area contributed by atoms with Crippen molar-refractivity contribution in [2.24, 2.45) is 0 Å². The van der Waals surface area contributed by atoms with E-state index in [-0.39, 0.29) is 24.7 Å². The molecular weight excluding hydrogens is 407 g/mol. The van der Waals surface area contributed by atoms with E-state index in [9.17, 15) is 9.18 Å². The van der Waals surface area contributed by atoms with Gasteiger partial charge in [0.2, 0.25) is 5.91 Å². The lowest BCUT2D eigenvalue weighted by molar-refractivity contribution is -0.117. The number of rotatable bonds is 6. The van der Waals surface area contributed by atoms with E-state index >= 15 is 0 Å². The zero-order valence-electron chi connectivity index (χ0n) is 16.7. The summed E-state index contributed by atoms with van der Waals surface area (Å²) in [6.07, 6.45) is 0.195. The minimum Gasteiger partial charge on any atom is -0.310 e. The molecule has 1 aromatic carbocycles. The lowest BCUT2D eigenvalue weighted by Crippen LogP contribution is -2.37. The van der Waals surface area contributed by atoms with Crippen molar-refractivity contribution in [2.45, 2.75) is 44.4 Å². The van der Waals surface area contributed by atoms with Crippen LogP contribution < -0.4 is 4.90 Å². The summed E-state index contributed by atoms with van der Waals surface area (Å²) in [6, 6.07) is 7.81. The average molecular weight is 429 g/mol. The van der Waals surface area contributed by atoms with Gasteiger partial charge in [-0.3, -0.25) is 4.79 Å². The fraction of sp³-hybridized carbons (Fsp3) is 0.333. The largest absolute Gasteiger partial charge is 0.310 e. The number of nitrogens with zero attached hydrogens (tertiary/aromatic N) is 4. The van der Waals surface area contributed by atoms with E-state index in [1.807, 2.05) is 20.8 Å². The van der Waals surface area contributed by atoms with Gasteiger partial charge in [0, 0.05) is 22.5 Å². The molecule has 0 spiro atoms. The lowest BCUT2D eigenvalue weighted by atomic mass is 10.2. The third-order valence-corrected chi connectivity index (χ3v) is 6.77. The van der Waals surface area contributed by atoms with Crippen LogP contribution in [-0.4, -0.2) is 27.7 Å². The number of fused-ring (bicyclic) bond motifs is 1. The highest BCUT2D eigenvalue weighted by Crippen LogP contribution is 2.37. The summed E-state index contributed by atoms with van der Waals surface area (Å²) < 4.78 is 13.3. The summed E-state index contributed by atoms with van der Waals surface area (Å²) >= 11 is 3.02. The van der Waals surface area contributed by atoms with Crippen LogP contribution >= 0.6 is 23.1 Å². The van der Waals surface area contributed by atoms with Crippen LogP contribution in [0.3, 0.4) is 0 Å². The van der Waals surface area contributed by atoms with Crippen LogP contribution in [0.5, 0.6) is 0 Å². The van der Waals surface area contributed by atoms with Gasteiger partial charge in [0.15, 0.2) is 0 Å². The van der Waals surface area contributed by atoms with Gasteiger partial charge in [-0.15, -0.1) is 11.3 Å². The molecule has 0 radical (unpaired) electrons. The van der Waals surface area contributed by atoms with Crippen molar-refractivity contribution in [1.82, 2.24) is 9.97 Å². The molecule has 0 aliphatic carbocycles. The Labute approximate surface area is 177 Å². The molecule has 0 aliphatic heterocycles. The number of amides is 1. The topological polar surface area (TPSA) is 69.9 Å². The predicted octanol–water partition coefficient (Wildman–Crippen LogP) is 5.18. The maximum absolute atomic E-state index is 13.3. The Morgan fingerprint density at radius 2 is 1.97 bits per heavy atom. The molecule has 2 aromatic heterocycles. The van der Waals surface area contributed by atoms with E-state index < -0.39 is 5.25 Å². The van der Waals surface area contributed by atoms with Crippen LogP contribution in [0.15, 0.2) is 29.3 Å². The molecule has 2 heterocycles. The van der Waals surface area contributed by atoms with Crippen molar-refractivity contribution < 1.29 is 9.18 Å². The number of thiophene rings is 1. The quantitative estimate of drug-likeness (QED) is 0.399. The molecule has 0 unspecified atom stereocenters. The normalized spacial score (nSPS) is 12.0. The van der Waals surface area contributed by atoms with Crippen LogP contribution in [0.4, 0.5) is 10.1 Å². The molecule has 0 bridgehead atoms. The molecular formula is C21H21FN4OS2. The highest BCUT2D eigenvalue weighted by molar-refractivity contribution is 8.00. The van der Waals surface area contributed by atoms with E-state index in [0.717, 1.165) is 20.8 Å². The second-order valence-electron chi connectivity index (χ2n) is 6.67. The Morgan fingerprint density at radius 3 is 2.62 bits per heavy atom. The molecule has 3 aromatic rings. The number of halogens is 1. The van der Waals surface area contributed by atoms with Gasteiger partial charge in [0.1, 0.15) is 21.5 Å². The van der Waals surface area contributed by atoms with Crippen molar-refractivity contribution in [3.63, 3.8) is 0 Å². The van der Waals surface area contributed by atoms with E-state index in [4.69, 9.17) is 5.26 Å². The number of thioether (sulfide) groups is 1. The first-order valence-electron chi connectivity index (χ1n) is 9.16. The second kappa shape index (κ2) is 8.89. The fourth-order valence-electron chi connectivity index (χ4n) is 2.99. The maximum Gasteiger partial charge on any atom is 0.240 e. The average Bonchev–Trinajstić information content (AvgIpc) is 2.96. The van der Waals surface area contributed by atoms with Gasteiger partial charge in [0.25, 0.3) is 0 Å². The van der Waals surface area contributed by atoms with Gasteiger partial charge in [-0.1, -0.05) is 11.8 Å². The van der Waals surface area contributed by atoms with Crippen LogP contribution in [0, 0.1) is 37.9 Å². The van der Waals surface area contributed by atoms with Gasteiger partial charge in [-0.25, -0.2) is 14.4 Å². The van der Waals surface area contributed by atoms with Crippen molar-refractivity contribution >= 4 is 44.9 Å². The first-order valence-corrected chi connectivity index (χ1v) is 10.9. The second-order valence-corrected chi connectivity index (χ2v) is 9.21. The molecule has 0 aliphatic rings. The molecule has 5 nitrogen and oxygen atoms in total. The number of carbonyl (C=O) groups excluding carboxylic acids is 1. The molecule has 1 atom stereocenters. The minimum absolute atomic E-state index is 0.147. The summed E-state index contributed by atoms with van der Waals surface area (Å²) in [7, 11) is 0. The van der Waals surface area contributed by atoms with Crippen LogP contribution in [0.1, 0.15) is 29.6 Å². The summed E-state index contributed by atoms with van der Waals surface area (Å²) in [4.78, 5) is 26.0. The van der Waals surface area contributed by atoms with Gasteiger partial charge in [0.05, 0.1) is 17.7 Å². The summed E-state index contributed by atoms with van der Waals surface area (Å²) in [6.45, 7) is 8.02. The van der Waals surface area contributed by atoms with E-state index in [0.29, 0.717) is 11.5 Å². The summed E-state index contributed by atoms with van der Waals surface area (Å²) in [5.74, 6) is 0.151. The third-order valence-electron chi connectivity index (χ3n) is 4.60. The first-order chi connectivity index (χ1) is 13.8. The Kier molecular flexibility index (Phi) is 6.50. The number of nitriles is 1. The zero-order valence-corrected chi connectivity index (χ0v) is 18.3. The zero-order chi connectivity index (χ0) is 21.1. The standard InChI is InChI=1S/C21H21FN4OS2/c1-12-13(2)28-19-18(12)20(25-15(4)24-19)29-14(3)21(27)26(11-5-10-23)17-8-6-16(22)7-9-17/h6-9,14H,5,11H2,1-4H3/t14-/m0/s1. The van der Waals surface area contributed by atoms with Crippen LogP contribution in [-0.2, 0) is 4.79 Å². The van der Waals surface area contributed by atoms with Gasteiger partial charge in [-0.2, -0.15) is 5.26 Å². The number of hydrogen-bond donors (Lipinski definition) is 0. The van der Waals surface area contributed by atoms with Crippen molar-refractivity contribution in [1.29, 1.82) is 5.26 Å². The number of anilines is 1. The Bertz CT molecular complexity index is 1090. The number of aryl methyl sites for hydroxylation is 3. The van der Waals surface area contributed by atoms with E-state index in [2.05, 4.69) is 23.0 Å². The van der Waals surface area contributed by atoms with Crippen LogP contribution in [0.2, 0.25) is 0 Å². The van der Waals surface area contributed by atoms with Crippen molar-refractivity contribution in [2.75, 3.05) is 11.4 Å². The van der Waals surface area contributed by atoms with Gasteiger partial charge in [-0.05, 0) is 57.5 Å². The molecule has 8 heteroatoms. The summed E-state index contributed by atoms with van der Waals surface area (Å²) in [5.41, 5.74) is 1.71. The third kappa shape index (κ3) is 4.57. The lowest BCUT2D eigenvalue weighted by Gasteiger charge is -2.25. The molecule has 1 amide bonds. The molecule has 0 saturated heterocycles. The molecule has 0 saturated carbocycles. The smallest absolute Gasteiger partial charge is 0.240 e. The highest BCUT2D eigenvalue weighted by Gasteiger charge is 2.25. The number of hydrogen-bond acceptors (Lipinski definition) is 6. The molecule has 3 rings (SSSR count). The highest BCUT2D eigenvalue weighted by atomic mass is 32.2. The molecule has 0 N–H and O–H groups in total. The number of carbonyl (C=O) groups is 1. The Balaban J connectivity index is 1.91. The van der Waals surface area contributed by atoms with Crippen LogP contribution in [0.25, 0.3) is 10.2 Å². The van der Waals surface area contributed by atoms with Crippen molar-refractivity contribution in [3.05, 3.63) is 46.3 Å². The Morgan fingerprint density at radius 1 is 1.28 bits per heavy atom. The maximum atomic E-state index is 13.3. The molecule has 0 fully saturated rings.